The molecule has 0 aromatic rings. The highest BCUT2D eigenvalue weighted by Crippen LogP contribution is 2.16. The summed E-state index contributed by atoms with van der Waals surface area (Å²) in [4.78, 5) is 4.66. The summed E-state index contributed by atoms with van der Waals surface area (Å²) in [5.74, 6) is 4.05. The van der Waals surface area contributed by atoms with Crippen LogP contribution in [0.25, 0.3) is 0 Å². The van der Waals surface area contributed by atoms with Crippen LogP contribution in [0.4, 0.5) is 0 Å². The lowest BCUT2D eigenvalue weighted by Gasteiger charge is -2.24. The van der Waals surface area contributed by atoms with Gasteiger partial charge in [0.05, 0.1) is 13.2 Å². The van der Waals surface area contributed by atoms with Crippen molar-refractivity contribution in [3.63, 3.8) is 0 Å². The maximum atomic E-state index is 5.72. The van der Waals surface area contributed by atoms with E-state index in [0.29, 0.717) is 12.0 Å². The van der Waals surface area contributed by atoms with Gasteiger partial charge >= 0.3 is 0 Å². The molecule has 0 aliphatic carbocycles. The summed E-state index contributed by atoms with van der Waals surface area (Å²) < 4.78 is 11.1. The minimum Gasteiger partial charge on any atom is -0.381 e. The minimum absolute atomic E-state index is 0.565. The SMILES string of the molecule is CCNC(=NCCCOCC1CCOC1)NC1CCCSC1. The van der Waals surface area contributed by atoms with Crippen molar-refractivity contribution in [2.75, 3.05) is 51.0 Å². The summed E-state index contributed by atoms with van der Waals surface area (Å²) in [5.41, 5.74) is 0. The van der Waals surface area contributed by atoms with E-state index >= 15 is 0 Å². The van der Waals surface area contributed by atoms with Crippen LogP contribution in [0, 0.1) is 5.92 Å². The van der Waals surface area contributed by atoms with Crippen LogP contribution in [0.15, 0.2) is 4.99 Å². The van der Waals surface area contributed by atoms with Crippen molar-refractivity contribution in [2.24, 2.45) is 10.9 Å². The standard InChI is InChI=1S/C16H31N3O2S/c1-2-17-16(19-15-5-3-10-22-13-15)18-7-4-8-20-11-14-6-9-21-12-14/h14-15H,2-13H2,1H3,(H2,17,18,19). The number of rotatable bonds is 8. The second kappa shape index (κ2) is 11.1. The Balaban J connectivity index is 1.57. The van der Waals surface area contributed by atoms with E-state index in [1.54, 1.807) is 0 Å². The molecule has 2 aliphatic rings. The Hall–Kier alpha value is -0.460. The lowest BCUT2D eigenvalue weighted by Crippen LogP contribution is -2.45. The Morgan fingerprint density at radius 1 is 1.41 bits per heavy atom. The topological polar surface area (TPSA) is 54.9 Å². The predicted molar refractivity (Wildman–Crippen MR) is 93.8 cm³/mol. The molecule has 2 aliphatic heterocycles. The molecule has 2 unspecified atom stereocenters. The fraction of sp³-hybridized carbons (Fsp3) is 0.938. The molecule has 128 valence electrons. The molecule has 0 bridgehead atoms. The summed E-state index contributed by atoms with van der Waals surface area (Å²) in [6, 6.07) is 0.565. The first-order valence-corrected chi connectivity index (χ1v) is 9.82. The van der Waals surface area contributed by atoms with Crippen LogP contribution in [0.2, 0.25) is 0 Å². The van der Waals surface area contributed by atoms with Gasteiger partial charge < -0.3 is 20.1 Å². The third-order valence-corrected chi connectivity index (χ3v) is 5.16. The number of nitrogens with one attached hydrogen (secondary N) is 2. The Morgan fingerprint density at radius 2 is 2.36 bits per heavy atom. The maximum Gasteiger partial charge on any atom is 0.191 e. The molecule has 0 aromatic heterocycles. The number of hydrogen-bond acceptors (Lipinski definition) is 4. The molecule has 0 spiro atoms. The van der Waals surface area contributed by atoms with Gasteiger partial charge in [-0.3, -0.25) is 4.99 Å². The normalized spacial score (nSPS) is 26.1. The molecular formula is C16H31N3O2S. The summed E-state index contributed by atoms with van der Waals surface area (Å²) in [6.45, 7) is 7.22. The molecule has 2 N–H and O–H groups in total. The van der Waals surface area contributed by atoms with Crippen molar-refractivity contribution < 1.29 is 9.47 Å². The number of aliphatic imine (C=N–C) groups is 1. The molecule has 0 amide bonds. The number of ether oxygens (including phenoxy) is 2. The van der Waals surface area contributed by atoms with E-state index in [-0.39, 0.29) is 0 Å². The lowest BCUT2D eigenvalue weighted by atomic mass is 10.1. The Labute approximate surface area is 139 Å². The van der Waals surface area contributed by atoms with Crippen molar-refractivity contribution in [3.05, 3.63) is 0 Å². The number of thioether (sulfide) groups is 1. The van der Waals surface area contributed by atoms with Gasteiger partial charge in [0.15, 0.2) is 5.96 Å². The van der Waals surface area contributed by atoms with Crippen molar-refractivity contribution in [1.82, 2.24) is 10.6 Å². The Bertz CT molecular complexity index is 317. The molecule has 2 rings (SSSR count). The fourth-order valence-corrected chi connectivity index (χ4v) is 3.76. The van der Waals surface area contributed by atoms with Crippen LogP contribution >= 0.6 is 11.8 Å². The number of guanidine groups is 1. The quantitative estimate of drug-likeness (QED) is 0.404. The predicted octanol–water partition coefficient (Wildman–Crippen LogP) is 1.88. The Kier molecular flexibility index (Phi) is 9.05. The second-order valence-corrected chi connectivity index (χ2v) is 7.13. The van der Waals surface area contributed by atoms with Gasteiger partial charge in [0.2, 0.25) is 0 Å². The average molecular weight is 330 g/mol. The van der Waals surface area contributed by atoms with Gasteiger partial charge in [-0.2, -0.15) is 11.8 Å². The van der Waals surface area contributed by atoms with Crippen molar-refractivity contribution >= 4 is 17.7 Å². The van der Waals surface area contributed by atoms with Crippen molar-refractivity contribution in [3.8, 4) is 0 Å². The van der Waals surface area contributed by atoms with Gasteiger partial charge in [0.25, 0.3) is 0 Å². The summed E-state index contributed by atoms with van der Waals surface area (Å²) in [5, 5.41) is 6.89. The van der Waals surface area contributed by atoms with E-state index in [1.807, 2.05) is 11.8 Å². The van der Waals surface area contributed by atoms with E-state index in [0.717, 1.165) is 58.3 Å². The van der Waals surface area contributed by atoms with Crippen LogP contribution < -0.4 is 10.6 Å². The van der Waals surface area contributed by atoms with Gasteiger partial charge in [0.1, 0.15) is 0 Å². The zero-order valence-electron chi connectivity index (χ0n) is 13.8. The molecule has 2 heterocycles. The molecule has 5 nitrogen and oxygen atoms in total. The summed E-state index contributed by atoms with van der Waals surface area (Å²) >= 11 is 2.03. The fourth-order valence-electron chi connectivity index (χ4n) is 2.69. The lowest BCUT2D eigenvalue weighted by molar-refractivity contribution is 0.0893. The highest BCUT2D eigenvalue weighted by Gasteiger charge is 2.15. The van der Waals surface area contributed by atoms with E-state index in [1.165, 1.54) is 24.3 Å². The van der Waals surface area contributed by atoms with Gasteiger partial charge in [-0.1, -0.05) is 0 Å². The number of hydrogen-bond donors (Lipinski definition) is 2. The molecule has 0 aromatic carbocycles. The van der Waals surface area contributed by atoms with E-state index in [2.05, 4.69) is 22.5 Å². The van der Waals surface area contributed by atoms with E-state index < -0.39 is 0 Å². The second-order valence-electron chi connectivity index (χ2n) is 5.98. The highest BCUT2D eigenvalue weighted by atomic mass is 32.2. The molecule has 2 saturated heterocycles. The first-order valence-electron chi connectivity index (χ1n) is 8.66. The zero-order valence-corrected chi connectivity index (χ0v) is 14.6. The van der Waals surface area contributed by atoms with Crippen LogP contribution in [-0.4, -0.2) is 63.0 Å². The van der Waals surface area contributed by atoms with Crippen molar-refractivity contribution in [1.29, 1.82) is 0 Å². The van der Waals surface area contributed by atoms with Crippen LogP contribution in [0.1, 0.15) is 32.6 Å². The third kappa shape index (κ3) is 7.20. The molecule has 2 atom stereocenters. The molecule has 0 saturated carbocycles. The summed E-state index contributed by atoms with van der Waals surface area (Å²) in [6.07, 6.45) is 4.68. The van der Waals surface area contributed by atoms with Gasteiger partial charge in [0, 0.05) is 44.0 Å². The molecule has 22 heavy (non-hydrogen) atoms. The molecule has 0 radical (unpaired) electrons. The third-order valence-electron chi connectivity index (χ3n) is 3.94. The monoisotopic (exact) mass is 329 g/mol. The van der Waals surface area contributed by atoms with Gasteiger partial charge in [-0.25, -0.2) is 0 Å². The largest absolute Gasteiger partial charge is 0.381 e. The maximum absolute atomic E-state index is 5.72. The molecule has 6 heteroatoms. The Morgan fingerprint density at radius 3 is 3.09 bits per heavy atom. The minimum atomic E-state index is 0.565. The highest BCUT2D eigenvalue weighted by molar-refractivity contribution is 7.99. The van der Waals surface area contributed by atoms with Crippen LogP contribution in [0.3, 0.4) is 0 Å². The van der Waals surface area contributed by atoms with Gasteiger partial charge in [-0.15, -0.1) is 0 Å². The number of nitrogens with zero attached hydrogens (tertiary/aromatic N) is 1. The first kappa shape index (κ1) is 17.9. The average Bonchev–Trinajstić information content (AvgIpc) is 3.05. The van der Waals surface area contributed by atoms with Crippen LogP contribution in [0.5, 0.6) is 0 Å². The van der Waals surface area contributed by atoms with Crippen molar-refractivity contribution in [2.45, 2.75) is 38.6 Å². The smallest absolute Gasteiger partial charge is 0.191 e. The van der Waals surface area contributed by atoms with Gasteiger partial charge in [-0.05, 0) is 38.4 Å². The first-order chi connectivity index (χ1) is 10.9. The van der Waals surface area contributed by atoms with E-state index in [9.17, 15) is 0 Å². The molecular weight excluding hydrogens is 298 g/mol. The zero-order chi connectivity index (χ0) is 15.5. The summed E-state index contributed by atoms with van der Waals surface area (Å²) in [7, 11) is 0. The van der Waals surface area contributed by atoms with E-state index in [4.69, 9.17) is 9.47 Å². The molecule has 2 fully saturated rings. The van der Waals surface area contributed by atoms with Crippen LogP contribution in [-0.2, 0) is 9.47 Å².